The number of benzene rings is 3. The number of sulfonamides is 1. The molecule has 1 saturated carbocycles. The number of aryl methyl sites for hydroxylation is 2. The average Bonchev–Trinajstić information content (AvgIpc) is 3.50. The van der Waals surface area contributed by atoms with Crippen molar-refractivity contribution in [2.45, 2.75) is 42.7 Å². The van der Waals surface area contributed by atoms with E-state index in [9.17, 15) is 22.0 Å². The lowest BCUT2D eigenvalue weighted by Gasteiger charge is -2.25. The molecule has 1 aromatic heterocycles. The third kappa shape index (κ3) is 5.16. The van der Waals surface area contributed by atoms with E-state index < -0.39 is 21.9 Å². The number of amides is 1. The third-order valence-electron chi connectivity index (χ3n) is 7.79. The van der Waals surface area contributed by atoms with Crippen LogP contribution in [0, 0.1) is 17.6 Å². The zero-order chi connectivity index (χ0) is 28.0. The maximum absolute atomic E-state index is 13.9. The predicted octanol–water partition coefficient (Wildman–Crippen LogP) is 5.00. The SMILES string of the molecule is Cn1ccnc1CN(C(=O)[C@@H]1C[C@@H]1c1cccc(F)c1)c1ccc2c(c1)[C@H](NS(=O)(=O)c1cccc(F)c1)CC2. The van der Waals surface area contributed by atoms with E-state index in [0.29, 0.717) is 30.8 Å². The van der Waals surface area contributed by atoms with E-state index in [1.165, 1.54) is 30.3 Å². The van der Waals surface area contributed by atoms with Gasteiger partial charge in [0.1, 0.15) is 17.5 Å². The van der Waals surface area contributed by atoms with Crippen molar-refractivity contribution in [3.63, 3.8) is 0 Å². The van der Waals surface area contributed by atoms with Gasteiger partial charge < -0.3 is 9.47 Å². The van der Waals surface area contributed by atoms with Crippen molar-refractivity contribution < 1.29 is 22.0 Å². The molecule has 0 bridgehead atoms. The van der Waals surface area contributed by atoms with Crippen molar-refractivity contribution in [1.29, 1.82) is 0 Å². The molecule has 7 nitrogen and oxygen atoms in total. The standard InChI is InChI=1S/C30H28F2N4O3S/c1-35-13-12-33-29(35)18-36(30(37)27-17-25(27)20-4-2-5-21(31)14-20)23-10-8-19-9-11-28(26(19)16-23)34-40(38,39)24-7-3-6-22(32)15-24/h2-8,10,12-16,25,27-28,34H,9,11,17-18H2,1H3/t25-,27-,28-/m1/s1. The molecule has 40 heavy (non-hydrogen) atoms. The van der Waals surface area contributed by atoms with E-state index in [-0.39, 0.29) is 35.0 Å². The predicted molar refractivity (Wildman–Crippen MR) is 146 cm³/mol. The van der Waals surface area contributed by atoms with Gasteiger partial charge in [-0.1, -0.05) is 24.3 Å². The van der Waals surface area contributed by atoms with Gasteiger partial charge in [-0.15, -0.1) is 0 Å². The van der Waals surface area contributed by atoms with Gasteiger partial charge in [-0.25, -0.2) is 26.9 Å². The van der Waals surface area contributed by atoms with E-state index >= 15 is 0 Å². The Morgan fingerprint density at radius 3 is 2.58 bits per heavy atom. The number of hydrogen-bond donors (Lipinski definition) is 1. The molecule has 3 aromatic carbocycles. The highest BCUT2D eigenvalue weighted by molar-refractivity contribution is 7.89. The first-order chi connectivity index (χ1) is 19.2. The summed E-state index contributed by atoms with van der Waals surface area (Å²) in [7, 11) is -2.11. The summed E-state index contributed by atoms with van der Waals surface area (Å²) >= 11 is 0. The van der Waals surface area contributed by atoms with Crippen molar-refractivity contribution in [3.8, 4) is 0 Å². The van der Waals surface area contributed by atoms with Crippen LogP contribution in [0.25, 0.3) is 0 Å². The van der Waals surface area contributed by atoms with Gasteiger partial charge in [0.15, 0.2) is 0 Å². The largest absolute Gasteiger partial charge is 0.337 e. The van der Waals surface area contributed by atoms with E-state index in [4.69, 9.17) is 0 Å². The van der Waals surface area contributed by atoms with Crippen LogP contribution in [0.4, 0.5) is 14.5 Å². The molecule has 1 fully saturated rings. The van der Waals surface area contributed by atoms with Crippen molar-refractivity contribution in [2.24, 2.45) is 13.0 Å². The second kappa shape index (κ2) is 10.3. The fourth-order valence-corrected chi connectivity index (χ4v) is 6.81. The molecule has 2 aliphatic rings. The molecular formula is C30H28F2N4O3S. The average molecular weight is 563 g/mol. The number of fused-ring (bicyclic) bond motifs is 1. The normalized spacial score (nSPS) is 19.8. The highest BCUT2D eigenvalue weighted by Crippen LogP contribution is 2.49. The number of carbonyl (C=O) groups is 1. The van der Waals surface area contributed by atoms with Gasteiger partial charge in [0.2, 0.25) is 15.9 Å². The fraction of sp³-hybridized carbons (Fsp3) is 0.267. The Kier molecular flexibility index (Phi) is 6.75. The number of nitrogens with zero attached hydrogens (tertiary/aromatic N) is 3. The number of carbonyl (C=O) groups excluding carboxylic acids is 1. The molecule has 0 aliphatic heterocycles. The quantitative estimate of drug-likeness (QED) is 0.328. The summed E-state index contributed by atoms with van der Waals surface area (Å²) in [6, 6.07) is 16.4. The smallest absolute Gasteiger partial charge is 0.241 e. The van der Waals surface area contributed by atoms with Crippen molar-refractivity contribution in [2.75, 3.05) is 4.90 Å². The topological polar surface area (TPSA) is 84.3 Å². The number of anilines is 1. The number of nitrogens with one attached hydrogen (secondary N) is 1. The first kappa shape index (κ1) is 26.3. The van der Waals surface area contributed by atoms with Crippen LogP contribution < -0.4 is 9.62 Å². The summed E-state index contributed by atoms with van der Waals surface area (Å²) in [6.45, 7) is 0.229. The Labute approximate surface area is 231 Å². The van der Waals surface area contributed by atoms with E-state index in [0.717, 1.165) is 22.8 Å². The summed E-state index contributed by atoms with van der Waals surface area (Å²) < 4.78 is 58.2. The third-order valence-corrected chi connectivity index (χ3v) is 9.26. The summed E-state index contributed by atoms with van der Waals surface area (Å²) in [5, 5.41) is 0. The first-order valence-electron chi connectivity index (χ1n) is 13.1. The van der Waals surface area contributed by atoms with E-state index in [2.05, 4.69) is 9.71 Å². The number of halogens is 2. The molecular weight excluding hydrogens is 534 g/mol. The maximum atomic E-state index is 13.9. The Morgan fingerprint density at radius 2 is 1.85 bits per heavy atom. The van der Waals surface area contributed by atoms with Crippen LogP contribution in [0.1, 0.15) is 47.3 Å². The Balaban J connectivity index is 1.30. The van der Waals surface area contributed by atoms with E-state index in [1.54, 1.807) is 17.2 Å². The lowest BCUT2D eigenvalue weighted by atomic mass is 10.1. The summed E-state index contributed by atoms with van der Waals surface area (Å²) in [6.07, 6.45) is 5.32. The van der Waals surface area contributed by atoms with Gasteiger partial charge in [-0.3, -0.25) is 4.79 Å². The molecule has 6 rings (SSSR count). The van der Waals surface area contributed by atoms with Gasteiger partial charge in [-0.2, -0.15) is 0 Å². The Morgan fingerprint density at radius 1 is 1.07 bits per heavy atom. The van der Waals surface area contributed by atoms with Crippen LogP contribution in [-0.2, 0) is 34.8 Å². The van der Waals surface area contributed by atoms with Crippen LogP contribution in [0.2, 0.25) is 0 Å². The van der Waals surface area contributed by atoms with Crippen LogP contribution >= 0.6 is 0 Å². The summed E-state index contributed by atoms with van der Waals surface area (Å²) in [5.74, 6) is -0.708. The molecule has 0 saturated heterocycles. The van der Waals surface area contributed by atoms with Gasteiger partial charge >= 0.3 is 0 Å². The van der Waals surface area contributed by atoms with Crippen molar-refractivity contribution >= 4 is 21.6 Å². The minimum absolute atomic E-state index is 0.0627. The second-order valence-electron chi connectivity index (χ2n) is 10.4. The zero-order valence-electron chi connectivity index (χ0n) is 21.8. The minimum Gasteiger partial charge on any atom is -0.337 e. The number of aromatic nitrogens is 2. The van der Waals surface area contributed by atoms with Gasteiger partial charge in [0, 0.05) is 37.1 Å². The van der Waals surface area contributed by atoms with Crippen LogP contribution in [0.5, 0.6) is 0 Å². The molecule has 2 aliphatic carbocycles. The summed E-state index contributed by atoms with van der Waals surface area (Å²) in [4.78, 5) is 19.8. The summed E-state index contributed by atoms with van der Waals surface area (Å²) in [5.41, 5.74) is 3.21. The molecule has 1 amide bonds. The first-order valence-corrected chi connectivity index (χ1v) is 14.6. The maximum Gasteiger partial charge on any atom is 0.241 e. The van der Waals surface area contributed by atoms with Crippen molar-refractivity contribution in [1.82, 2.24) is 14.3 Å². The monoisotopic (exact) mass is 562 g/mol. The highest BCUT2D eigenvalue weighted by atomic mass is 32.2. The van der Waals surface area contributed by atoms with Crippen LogP contribution in [-0.4, -0.2) is 23.9 Å². The zero-order valence-corrected chi connectivity index (χ0v) is 22.6. The van der Waals surface area contributed by atoms with Gasteiger partial charge in [0.25, 0.3) is 0 Å². The Hall–Kier alpha value is -3.89. The molecule has 4 aromatic rings. The lowest BCUT2D eigenvalue weighted by molar-refractivity contribution is -0.120. The number of rotatable bonds is 8. The molecule has 10 heteroatoms. The Bertz CT molecular complexity index is 1700. The lowest BCUT2D eigenvalue weighted by Crippen LogP contribution is -2.33. The molecule has 1 heterocycles. The molecule has 206 valence electrons. The second-order valence-corrected chi connectivity index (χ2v) is 12.1. The molecule has 1 N–H and O–H groups in total. The van der Waals surface area contributed by atoms with Gasteiger partial charge in [0.05, 0.1) is 11.4 Å². The molecule has 0 radical (unpaired) electrons. The molecule has 0 spiro atoms. The van der Waals surface area contributed by atoms with Crippen LogP contribution in [0.3, 0.4) is 0 Å². The molecule has 3 atom stereocenters. The highest BCUT2D eigenvalue weighted by Gasteiger charge is 2.46. The van der Waals surface area contributed by atoms with Gasteiger partial charge in [-0.05, 0) is 84.3 Å². The minimum atomic E-state index is -3.96. The van der Waals surface area contributed by atoms with Crippen molar-refractivity contribution in [3.05, 3.63) is 113 Å². The van der Waals surface area contributed by atoms with E-state index in [1.807, 2.05) is 42.1 Å². The molecule has 0 unspecified atom stereocenters. The number of hydrogen-bond acceptors (Lipinski definition) is 4. The number of imidazole rings is 1. The van der Waals surface area contributed by atoms with Crippen LogP contribution in [0.15, 0.2) is 84.0 Å². The fourth-order valence-electron chi connectivity index (χ4n) is 5.53.